The van der Waals surface area contributed by atoms with E-state index in [9.17, 15) is 18.4 Å². The Kier molecular flexibility index (Phi) is 5.23. The van der Waals surface area contributed by atoms with Crippen molar-refractivity contribution in [3.8, 4) is 0 Å². The molecule has 2 amide bonds. The first-order chi connectivity index (χ1) is 10.8. The first kappa shape index (κ1) is 17.7. The Morgan fingerprint density at radius 1 is 1.30 bits per heavy atom. The number of methoxy groups -OCH3 is 1. The van der Waals surface area contributed by atoms with Crippen molar-refractivity contribution < 1.29 is 23.1 Å². The van der Waals surface area contributed by atoms with Crippen molar-refractivity contribution in [1.82, 2.24) is 0 Å². The quantitative estimate of drug-likeness (QED) is 0.799. The van der Waals surface area contributed by atoms with Gasteiger partial charge in [-0.1, -0.05) is 28.8 Å². The highest BCUT2D eigenvalue weighted by Gasteiger charge is 2.46. The Morgan fingerprint density at radius 3 is 2.26 bits per heavy atom. The van der Waals surface area contributed by atoms with E-state index in [0.29, 0.717) is 12.8 Å². The van der Waals surface area contributed by atoms with E-state index < -0.39 is 34.9 Å². The molecule has 0 radical (unpaired) electrons. The van der Waals surface area contributed by atoms with Gasteiger partial charge in [0.15, 0.2) is 11.6 Å². The Labute approximate surface area is 140 Å². The summed E-state index contributed by atoms with van der Waals surface area (Å²) >= 11 is 2.99. The van der Waals surface area contributed by atoms with Crippen molar-refractivity contribution in [2.75, 3.05) is 12.0 Å². The Morgan fingerprint density at radius 2 is 1.83 bits per heavy atom. The third kappa shape index (κ3) is 3.46. The highest BCUT2D eigenvalue weighted by Crippen LogP contribution is 2.43. The molecular weight excluding hydrogens is 374 g/mol. The summed E-state index contributed by atoms with van der Waals surface area (Å²) in [5.74, 6) is -2.41. The number of rotatable bonds is 4. The average Bonchev–Trinajstić information content (AvgIpc) is 2.91. The van der Waals surface area contributed by atoms with E-state index >= 15 is 0 Å². The van der Waals surface area contributed by atoms with Gasteiger partial charge in [-0.25, -0.2) is 13.6 Å². The molecule has 23 heavy (non-hydrogen) atoms. The molecule has 126 valence electrons. The van der Waals surface area contributed by atoms with E-state index in [1.165, 1.54) is 7.11 Å². The summed E-state index contributed by atoms with van der Waals surface area (Å²) in [6, 6.07) is 1.10. The van der Waals surface area contributed by atoms with Gasteiger partial charge in [0, 0.05) is 4.47 Å². The van der Waals surface area contributed by atoms with Crippen LogP contribution in [-0.4, -0.2) is 24.6 Å². The summed E-state index contributed by atoms with van der Waals surface area (Å²) in [5.41, 5.74) is 3.81. The Bertz CT molecular complexity index is 610. The van der Waals surface area contributed by atoms with Crippen LogP contribution in [0.25, 0.3) is 0 Å². The van der Waals surface area contributed by atoms with Gasteiger partial charge < -0.3 is 10.5 Å². The lowest BCUT2D eigenvalue weighted by Gasteiger charge is -2.39. The van der Waals surface area contributed by atoms with Crippen LogP contribution in [0.2, 0.25) is 0 Å². The fourth-order valence-corrected chi connectivity index (χ4v) is 3.58. The van der Waals surface area contributed by atoms with Crippen LogP contribution in [0.5, 0.6) is 0 Å². The van der Waals surface area contributed by atoms with Crippen LogP contribution in [0, 0.1) is 11.6 Å². The summed E-state index contributed by atoms with van der Waals surface area (Å²) < 4.78 is 33.5. The molecule has 1 saturated carbocycles. The summed E-state index contributed by atoms with van der Waals surface area (Å²) in [5, 5.41) is 0. The summed E-state index contributed by atoms with van der Waals surface area (Å²) in [4.78, 5) is 24.6. The molecule has 2 N–H and O–H groups in total. The number of carbonyl (C=O) groups is 2. The van der Waals surface area contributed by atoms with Gasteiger partial charge in [0.1, 0.15) is 5.69 Å². The lowest BCUT2D eigenvalue weighted by molar-refractivity contribution is -0.141. The fraction of sp³-hybridized carbons (Fsp3) is 0.467. The normalized spacial score (nSPS) is 16.2. The number of benzene rings is 1. The zero-order chi connectivity index (χ0) is 17.2. The van der Waals surface area contributed by atoms with Crippen molar-refractivity contribution in [3.63, 3.8) is 0 Å². The number of urea groups is 1. The number of carbonyl (C=O) groups excluding carboxylic acids is 2. The zero-order valence-corrected chi connectivity index (χ0v) is 14.2. The predicted molar refractivity (Wildman–Crippen MR) is 84.0 cm³/mol. The van der Waals surface area contributed by atoms with Crippen LogP contribution in [-0.2, 0) is 9.53 Å². The van der Waals surface area contributed by atoms with Gasteiger partial charge in [0.2, 0.25) is 0 Å². The molecule has 1 aliphatic rings. The SMILES string of the molecule is COC(=O)CC1(N(C(N)=O)c2c(F)cc(Br)cc2F)CCCC1. The van der Waals surface area contributed by atoms with Crippen molar-refractivity contribution in [3.05, 3.63) is 28.2 Å². The van der Waals surface area contributed by atoms with Gasteiger partial charge in [-0.15, -0.1) is 0 Å². The first-order valence-corrected chi connectivity index (χ1v) is 7.91. The zero-order valence-electron chi connectivity index (χ0n) is 12.6. The van der Waals surface area contributed by atoms with Crippen LogP contribution in [0.1, 0.15) is 32.1 Å². The molecule has 0 heterocycles. The molecule has 1 aromatic rings. The molecule has 0 bridgehead atoms. The molecule has 2 rings (SSSR count). The number of esters is 1. The second-order valence-corrected chi connectivity index (χ2v) is 6.49. The smallest absolute Gasteiger partial charge is 0.319 e. The number of hydrogen-bond acceptors (Lipinski definition) is 3. The second kappa shape index (κ2) is 6.82. The first-order valence-electron chi connectivity index (χ1n) is 7.12. The molecule has 0 unspecified atom stereocenters. The van der Waals surface area contributed by atoms with Crippen LogP contribution in [0.3, 0.4) is 0 Å². The van der Waals surface area contributed by atoms with Crippen molar-refractivity contribution in [1.29, 1.82) is 0 Å². The molecule has 0 aliphatic heterocycles. The van der Waals surface area contributed by atoms with Crippen LogP contribution in [0.4, 0.5) is 19.3 Å². The van der Waals surface area contributed by atoms with Crippen molar-refractivity contribution >= 4 is 33.6 Å². The maximum atomic E-state index is 14.3. The number of primary amides is 1. The minimum atomic E-state index is -1.07. The topological polar surface area (TPSA) is 72.6 Å². The van der Waals surface area contributed by atoms with Crippen LogP contribution < -0.4 is 10.6 Å². The van der Waals surface area contributed by atoms with Crippen LogP contribution in [0.15, 0.2) is 16.6 Å². The van der Waals surface area contributed by atoms with Crippen LogP contribution >= 0.6 is 15.9 Å². The highest BCUT2D eigenvalue weighted by atomic mass is 79.9. The summed E-state index contributed by atoms with van der Waals surface area (Å²) in [6.07, 6.45) is 2.11. The number of ether oxygens (including phenoxy) is 1. The molecule has 0 atom stereocenters. The highest BCUT2D eigenvalue weighted by molar-refractivity contribution is 9.10. The maximum Gasteiger partial charge on any atom is 0.319 e. The molecule has 1 aliphatic carbocycles. The van der Waals surface area contributed by atoms with E-state index in [-0.39, 0.29) is 10.9 Å². The minimum Gasteiger partial charge on any atom is -0.469 e. The standard InChI is InChI=1S/C15H17BrF2N2O3/c1-23-12(21)8-15(4-2-3-5-15)20(14(19)22)13-10(17)6-9(16)7-11(13)18/h6-7H,2-5,8H2,1H3,(H2,19,22). The predicted octanol–water partition coefficient (Wildman–Crippen LogP) is 3.49. The monoisotopic (exact) mass is 390 g/mol. The number of anilines is 1. The van der Waals surface area contributed by atoms with Gasteiger partial charge in [-0.3, -0.25) is 9.69 Å². The summed E-state index contributed by atoms with van der Waals surface area (Å²) in [6.45, 7) is 0. The van der Waals surface area contributed by atoms with E-state index in [2.05, 4.69) is 20.7 Å². The minimum absolute atomic E-state index is 0.165. The average molecular weight is 391 g/mol. The Hall–Kier alpha value is -1.70. The van der Waals surface area contributed by atoms with E-state index in [1.54, 1.807) is 0 Å². The number of amides is 2. The lowest BCUT2D eigenvalue weighted by Crippen LogP contribution is -2.54. The number of nitrogens with two attached hydrogens (primary N) is 1. The fourth-order valence-electron chi connectivity index (χ4n) is 3.18. The third-order valence-electron chi connectivity index (χ3n) is 4.14. The molecule has 0 spiro atoms. The third-order valence-corrected chi connectivity index (χ3v) is 4.59. The number of halogens is 3. The number of nitrogens with zero attached hydrogens (tertiary/aromatic N) is 1. The molecule has 1 aromatic carbocycles. The second-order valence-electron chi connectivity index (χ2n) is 5.58. The number of hydrogen-bond donors (Lipinski definition) is 1. The molecule has 0 saturated heterocycles. The molecule has 0 aromatic heterocycles. The molecule has 5 nitrogen and oxygen atoms in total. The van der Waals surface area contributed by atoms with Gasteiger partial charge in [0.25, 0.3) is 0 Å². The van der Waals surface area contributed by atoms with Gasteiger partial charge >= 0.3 is 12.0 Å². The van der Waals surface area contributed by atoms with Crippen molar-refractivity contribution in [2.45, 2.75) is 37.6 Å². The van der Waals surface area contributed by atoms with Gasteiger partial charge in [-0.05, 0) is 25.0 Å². The maximum absolute atomic E-state index is 14.3. The molecular formula is C15H17BrF2N2O3. The van der Waals surface area contributed by atoms with Gasteiger partial charge in [0.05, 0.1) is 19.1 Å². The van der Waals surface area contributed by atoms with E-state index in [1.807, 2.05) is 0 Å². The van der Waals surface area contributed by atoms with Crippen molar-refractivity contribution in [2.24, 2.45) is 5.73 Å². The van der Waals surface area contributed by atoms with Gasteiger partial charge in [-0.2, -0.15) is 0 Å². The van der Waals surface area contributed by atoms with E-state index in [0.717, 1.165) is 29.9 Å². The molecule has 8 heteroatoms. The summed E-state index contributed by atoms with van der Waals surface area (Å²) in [7, 11) is 1.22. The Balaban J connectivity index is 2.56. The lowest BCUT2D eigenvalue weighted by atomic mass is 9.90. The van der Waals surface area contributed by atoms with E-state index in [4.69, 9.17) is 5.73 Å². The largest absolute Gasteiger partial charge is 0.469 e. The molecule has 1 fully saturated rings.